The van der Waals surface area contributed by atoms with Gasteiger partial charge < -0.3 is 10.5 Å². The van der Waals surface area contributed by atoms with Gasteiger partial charge in [0, 0.05) is 13.0 Å². The maximum absolute atomic E-state index is 13.7. The first-order chi connectivity index (χ1) is 11.9. The second kappa shape index (κ2) is 6.48. The van der Waals surface area contributed by atoms with Crippen LogP contribution in [0.3, 0.4) is 0 Å². The standard InChI is InChI=1S/C18H18FNO3S2/c1-23-11-18(17(20)24)15(12-6-5-7-13(19)10-12)16(18)25(21,22)14-8-3-2-4-9-14/h2-10,15-16H,11H2,1H3,(H2,20,24)/t15-,16-,18-/m0/s1. The van der Waals surface area contributed by atoms with Crippen LogP contribution < -0.4 is 5.73 Å². The maximum Gasteiger partial charge on any atom is 0.182 e. The number of benzene rings is 2. The van der Waals surface area contributed by atoms with Gasteiger partial charge in [0.1, 0.15) is 5.82 Å². The summed E-state index contributed by atoms with van der Waals surface area (Å²) in [7, 11) is -2.26. The molecular weight excluding hydrogens is 361 g/mol. The summed E-state index contributed by atoms with van der Waals surface area (Å²) in [5, 5.41) is -0.887. The van der Waals surface area contributed by atoms with Gasteiger partial charge in [0.2, 0.25) is 0 Å². The Hall–Kier alpha value is -1.83. The van der Waals surface area contributed by atoms with E-state index in [0.717, 1.165) is 0 Å². The molecule has 2 aromatic rings. The highest BCUT2D eigenvalue weighted by atomic mass is 32.2. The first-order valence-corrected chi connectivity index (χ1v) is 9.64. The summed E-state index contributed by atoms with van der Waals surface area (Å²) < 4.78 is 45.3. The fourth-order valence-corrected chi connectivity index (χ4v) is 6.36. The Bertz CT molecular complexity index is 902. The van der Waals surface area contributed by atoms with Gasteiger partial charge in [-0.2, -0.15) is 0 Å². The average Bonchev–Trinajstić information content (AvgIpc) is 3.27. The molecule has 3 rings (SSSR count). The van der Waals surface area contributed by atoms with E-state index in [4.69, 9.17) is 22.7 Å². The molecule has 3 atom stereocenters. The number of methoxy groups -OCH3 is 1. The monoisotopic (exact) mass is 379 g/mol. The second-order valence-corrected chi connectivity index (χ2v) is 8.66. The molecule has 0 bridgehead atoms. The van der Waals surface area contributed by atoms with Crippen molar-refractivity contribution in [1.29, 1.82) is 0 Å². The molecule has 1 aliphatic rings. The van der Waals surface area contributed by atoms with E-state index in [2.05, 4.69) is 0 Å². The molecule has 25 heavy (non-hydrogen) atoms. The van der Waals surface area contributed by atoms with Crippen molar-refractivity contribution < 1.29 is 17.5 Å². The van der Waals surface area contributed by atoms with Gasteiger partial charge in [-0.3, -0.25) is 0 Å². The van der Waals surface area contributed by atoms with Gasteiger partial charge in [-0.1, -0.05) is 42.5 Å². The van der Waals surface area contributed by atoms with Gasteiger partial charge in [-0.25, -0.2) is 12.8 Å². The Balaban J connectivity index is 2.14. The minimum Gasteiger partial charge on any atom is -0.393 e. The fraction of sp³-hybridized carbons (Fsp3) is 0.278. The Morgan fingerprint density at radius 3 is 2.48 bits per heavy atom. The van der Waals surface area contributed by atoms with E-state index in [0.29, 0.717) is 5.56 Å². The SMILES string of the molecule is COC[C@]1(C(N)=S)[C@@H](c2cccc(F)c2)[C@@H]1S(=O)(=O)c1ccccc1. The third-order valence-electron chi connectivity index (χ3n) is 4.71. The molecule has 1 saturated carbocycles. The zero-order valence-corrected chi connectivity index (χ0v) is 15.2. The highest BCUT2D eigenvalue weighted by Crippen LogP contribution is 2.64. The summed E-state index contributed by atoms with van der Waals surface area (Å²) in [6.45, 7) is 0.0558. The van der Waals surface area contributed by atoms with Gasteiger partial charge in [0.25, 0.3) is 0 Å². The number of ether oxygens (including phenoxy) is 1. The maximum atomic E-state index is 13.7. The molecule has 1 fully saturated rings. The smallest absolute Gasteiger partial charge is 0.182 e. The van der Waals surface area contributed by atoms with Crippen molar-refractivity contribution in [2.24, 2.45) is 11.1 Å². The number of thiocarbonyl (C=S) groups is 1. The number of sulfone groups is 1. The van der Waals surface area contributed by atoms with Crippen molar-refractivity contribution in [3.63, 3.8) is 0 Å². The molecule has 0 heterocycles. The van der Waals surface area contributed by atoms with E-state index in [-0.39, 0.29) is 16.5 Å². The van der Waals surface area contributed by atoms with Crippen LogP contribution in [0.4, 0.5) is 4.39 Å². The van der Waals surface area contributed by atoms with Crippen molar-refractivity contribution in [3.8, 4) is 0 Å². The lowest BCUT2D eigenvalue weighted by Gasteiger charge is -2.16. The zero-order valence-electron chi connectivity index (χ0n) is 13.6. The average molecular weight is 379 g/mol. The third-order valence-corrected chi connectivity index (χ3v) is 7.38. The molecule has 0 unspecified atom stereocenters. The number of hydrogen-bond acceptors (Lipinski definition) is 4. The van der Waals surface area contributed by atoms with Gasteiger partial charge in [0.15, 0.2) is 9.84 Å². The number of rotatable bonds is 6. The molecular formula is C18H18FNO3S2. The zero-order chi connectivity index (χ0) is 18.2. The second-order valence-electron chi connectivity index (χ2n) is 6.15. The normalized spacial score (nSPS) is 25.5. The van der Waals surface area contributed by atoms with Crippen LogP contribution in [-0.2, 0) is 14.6 Å². The minimum absolute atomic E-state index is 0.0558. The lowest BCUT2D eigenvalue weighted by molar-refractivity contribution is 0.166. The van der Waals surface area contributed by atoms with E-state index in [1.165, 1.54) is 31.4 Å². The van der Waals surface area contributed by atoms with Crippen molar-refractivity contribution in [3.05, 3.63) is 66.0 Å². The Labute approximate surface area is 151 Å². The Morgan fingerprint density at radius 1 is 1.24 bits per heavy atom. The predicted octanol–water partition coefficient (Wildman–Crippen LogP) is 2.68. The quantitative estimate of drug-likeness (QED) is 0.782. The van der Waals surface area contributed by atoms with Crippen molar-refractivity contribution in [2.45, 2.75) is 16.1 Å². The van der Waals surface area contributed by atoms with E-state index >= 15 is 0 Å². The largest absolute Gasteiger partial charge is 0.393 e. The summed E-state index contributed by atoms with van der Waals surface area (Å²) >= 11 is 5.21. The van der Waals surface area contributed by atoms with Gasteiger partial charge in [-0.05, 0) is 29.8 Å². The fourth-order valence-electron chi connectivity index (χ4n) is 3.57. The van der Waals surface area contributed by atoms with Crippen LogP contribution in [0, 0.1) is 11.2 Å². The third kappa shape index (κ3) is 2.86. The Morgan fingerprint density at radius 2 is 1.92 bits per heavy atom. The van der Waals surface area contributed by atoms with Crippen LogP contribution in [0.1, 0.15) is 11.5 Å². The van der Waals surface area contributed by atoms with Crippen molar-refractivity contribution >= 4 is 27.0 Å². The summed E-state index contributed by atoms with van der Waals surface area (Å²) in [5.41, 5.74) is 5.44. The number of halogens is 1. The van der Waals surface area contributed by atoms with Gasteiger partial charge in [0.05, 0.1) is 27.2 Å². The van der Waals surface area contributed by atoms with Crippen LogP contribution >= 0.6 is 12.2 Å². The summed E-state index contributed by atoms with van der Waals surface area (Å²) in [4.78, 5) is 0.253. The first kappa shape index (κ1) is 18.0. The molecule has 4 nitrogen and oxygen atoms in total. The van der Waals surface area contributed by atoms with Crippen LogP contribution in [0.2, 0.25) is 0 Å². The molecule has 0 saturated heterocycles. The molecule has 132 valence electrons. The highest BCUT2D eigenvalue weighted by molar-refractivity contribution is 7.92. The van der Waals surface area contributed by atoms with Crippen LogP contribution in [0.15, 0.2) is 59.5 Å². The van der Waals surface area contributed by atoms with Gasteiger partial charge in [-0.15, -0.1) is 0 Å². The molecule has 7 heteroatoms. The van der Waals surface area contributed by atoms with E-state index in [1.807, 2.05) is 0 Å². The summed E-state index contributed by atoms with van der Waals surface area (Å²) in [5.74, 6) is -0.986. The van der Waals surface area contributed by atoms with Crippen molar-refractivity contribution in [2.75, 3.05) is 13.7 Å². The molecule has 0 amide bonds. The van der Waals surface area contributed by atoms with Crippen LogP contribution in [0.25, 0.3) is 0 Å². The number of hydrogen-bond donors (Lipinski definition) is 1. The molecule has 1 aliphatic carbocycles. The first-order valence-electron chi connectivity index (χ1n) is 7.69. The molecule has 2 N–H and O–H groups in total. The van der Waals surface area contributed by atoms with E-state index in [1.54, 1.807) is 30.3 Å². The van der Waals surface area contributed by atoms with E-state index in [9.17, 15) is 12.8 Å². The molecule has 2 aromatic carbocycles. The lowest BCUT2D eigenvalue weighted by Crippen LogP contribution is -2.33. The summed E-state index contributed by atoms with van der Waals surface area (Å²) in [6, 6.07) is 14.0. The summed E-state index contributed by atoms with van der Waals surface area (Å²) in [6.07, 6.45) is 0. The molecule has 0 radical (unpaired) electrons. The molecule has 0 aliphatic heterocycles. The predicted molar refractivity (Wildman–Crippen MR) is 97.7 cm³/mol. The van der Waals surface area contributed by atoms with Crippen molar-refractivity contribution in [1.82, 2.24) is 0 Å². The Kier molecular flexibility index (Phi) is 4.66. The van der Waals surface area contributed by atoms with Crippen LogP contribution in [-0.4, -0.2) is 32.4 Å². The minimum atomic E-state index is -3.72. The topological polar surface area (TPSA) is 69.4 Å². The lowest BCUT2D eigenvalue weighted by atomic mass is 10.00. The van der Waals surface area contributed by atoms with Gasteiger partial charge >= 0.3 is 0 Å². The number of nitrogens with two attached hydrogens (primary N) is 1. The molecule has 0 spiro atoms. The van der Waals surface area contributed by atoms with E-state index < -0.39 is 32.2 Å². The highest BCUT2D eigenvalue weighted by Gasteiger charge is 2.73. The molecule has 0 aromatic heterocycles. The van der Waals surface area contributed by atoms with Crippen LogP contribution in [0.5, 0.6) is 0 Å².